The number of fused-ring (bicyclic) bond motifs is 3. The third kappa shape index (κ3) is 3.14. The van der Waals surface area contributed by atoms with Crippen LogP contribution in [0.15, 0.2) is 65.6 Å². The number of aryl methyl sites for hydroxylation is 1. The fourth-order valence-electron chi connectivity index (χ4n) is 3.70. The molecule has 3 heterocycles. The van der Waals surface area contributed by atoms with Gasteiger partial charge in [-0.25, -0.2) is 4.52 Å². The second-order valence-corrected chi connectivity index (χ2v) is 7.48. The molecule has 0 aliphatic rings. The zero-order valence-electron chi connectivity index (χ0n) is 16.9. The highest BCUT2D eigenvalue weighted by atomic mass is 35.5. The summed E-state index contributed by atoms with van der Waals surface area (Å²) in [5.74, 6) is 0.720. The van der Waals surface area contributed by atoms with E-state index in [1.54, 1.807) is 30.0 Å². The Kier molecular flexibility index (Phi) is 4.67. The number of ether oxygens (including phenoxy) is 1. The molecular weight excluding hydrogens is 414 g/mol. The number of aromatic nitrogens is 5. The van der Waals surface area contributed by atoms with Crippen LogP contribution in [0.2, 0.25) is 5.02 Å². The summed E-state index contributed by atoms with van der Waals surface area (Å²) in [7, 11) is 1.60. The Bertz CT molecular complexity index is 1470. The van der Waals surface area contributed by atoms with Gasteiger partial charge in [0, 0.05) is 16.9 Å². The normalized spacial score (nSPS) is 11.3. The van der Waals surface area contributed by atoms with Gasteiger partial charge in [-0.2, -0.15) is 5.10 Å². The lowest BCUT2D eigenvalue weighted by atomic mass is 10.0. The number of hydrogen-bond acceptors (Lipinski definition) is 5. The largest absolute Gasteiger partial charge is 0.497 e. The van der Waals surface area contributed by atoms with Crippen LogP contribution in [0.3, 0.4) is 0 Å². The Morgan fingerprint density at radius 3 is 2.42 bits per heavy atom. The summed E-state index contributed by atoms with van der Waals surface area (Å²) in [6.45, 7) is 2.04. The van der Waals surface area contributed by atoms with Gasteiger partial charge in [-0.15, -0.1) is 10.2 Å². The van der Waals surface area contributed by atoms with E-state index in [0.29, 0.717) is 28.3 Å². The predicted molar refractivity (Wildman–Crippen MR) is 120 cm³/mol. The predicted octanol–water partition coefficient (Wildman–Crippen LogP) is 4.32. The molecule has 0 fully saturated rings. The number of nitrogens with zero attached hydrogens (tertiary/aromatic N) is 5. The molecule has 0 saturated heterocycles. The number of hydrogen-bond donors (Lipinski definition) is 0. The van der Waals surface area contributed by atoms with Crippen molar-refractivity contribution in [3.8, 4) is 22.6 Å². The molecule has 8 heteroatoms. The Morgan fingerprint density at radius 2 is 1.74 bits per heavy atom. The summed E-state index contributed by atoms with van der Waals surface area (Å²) in [4.78, 5) is 13.2. The fraction of sp³-hybridized carbons (Fsp3) is 0.130. The van der Waals surface area contributed by atoms with Crippen LogP contribution in [0.1, 0.15) is 12.6 Å². The maximum atomic E-state index is 13.2. The van der Waals surface area contributed by atoms with Crippen LogP contribution in [0, 0.1) is 0 Å². The van der Waals surface area contributed by atoms with E-state index in [2.05, 4.69) is 10.2 Å². The standard InChI is InChI=1S/C23H18ClN5O2/c1-3-18-20(14-4-6-15(24)7-5-14)22-26-25-21-19(29(22)27-18)12-13-28(23(21)30)16-8-10-17(31-2)11-9-16/h4-13H,3H2,1-2H3. The second kappa shape index (κ2) is 7.52. The van der Waals surface area contributed by atoms with Gasteiger partial charge in [-0.05, 0) is 54.4 Å². The van der Waals surface area contributed by atoms with E-state index in [1.165, 1.54) is 4.57 Å². The highest BCUT2D eigenvalue weighted by Gasteiger charge is 2.19. The Labute approximate surface area is 182 Å². The summed E-state index contributed by atoms with van der Waals surface area (Å²) >= 11 is 6.05. The molecule has 0 radical (unpaired) electrons. The average molecular weight is 432 g/mol. The molecule has 0 spiro atoms. The van der Waals surface area contributed by atoms with Crippen molar-refractivity contribution in [2.45, 2.75) is 13.3 Å². The van der Waals surface area contributed by atoms with Crippen molar-refractivity contribution in [1.29, 1.82) is 0 Å². The summed E-state index contributed by atoms with van der Waals surface area (Å²) < 4.78 is 8.43. The van der Waals surface area contributed by atoms with E-state index in [4.69, 9.17) is 21.4 Å². The molecule has 0 aliphatic heterocycles. The molecule has 3 aromatic heterocycles. The van der Waals surface area contributed by atoms with Crippen LogP contribution in [-0.2, 0) is 6.42 Å². The van der Waals surface area contributed by atoms with E-state index in [9.17, 15) is 4.79 Å². The van der Waals surface area contributed by atoms with E-state index >= 15 is 0 Å². The summed E-state index contributed by atoms with van der Waals surface area (Å²) in [5, 5.41) is 14.1. The first-order valence-electron chi connectivity index (χ1n) is 9.80. The van der Waals surface area contributed by atoms with E-state index < -0.39 is 0 Å². The van der Waals surface area contributed by atoms with Crippen molar-refractivity contribution in [1.82, 2.24) is 24.4 Å². The van der Waals surface area contributed by atoms with Crippen molar-refractivity contribution in [2.24, 2.45) is 0 Å². The molecule has 0 aliphatic carbocycles. The van der Waals surface area contributed by atoms with Gasteiger partial charge in [0.2, 0.25) is 0 Å². The number of methoxy groups -OCH3 is 1. The van der Waals surface area contributed by atoms with Crippen LogP contribution in [-0.4, -0.2) is 31.5 Å². The van der Waals surface area contributed by atoms with E-state index in [0.717, 1.165) is 22.6 Å². The van der Waals surface area contributed by atoms with Crippen LogP contribution in [0.5, 0.6) is 5.75 Å². The molecule has 5 aromatic rings. The Hall–Kier alpha value is -3.71. The van der Waals surface area contributed by atoms with E-state index in [-0.39, 0.29) is 11.1 Å². The maximum absolute atomic E-state index is 13.2. The van der Waals surface area contributed by atoms with Gasteiger partial charge in [-0.1, -0.05) is 30.7 Å². The lowest BCUT2D eigenvalue weighted by molar-refractivity contribution is 0.414. The van der Waals surface area contributed by atoms with Crippen molar-refractivity contribution in [2.75, 3.05) is 7.11 Å². The van der Waals surface area contributed by atoms with Gasteiger partial charge < -0.3 is 4.74 Å². The summed E-state index contributed by atoms with van der Waals surface area (Å²) in [6.07, 6.45) is 2.44. The SMILES string of the molecule is CCc1nn2c(nnc3c(=O)n(-c4ccc(OC)cc4)ccc32)c1-c1ccc(Cl)cc1. The van der Waals surface area contributed by atoms with Gasteiger partial charge in [-0.3, -0.25) is 9.36 Å². The topological polar surface area (TPSA) is 74.3 Å². The van der Waals surface area contributed by atoms with Gasteiger partial charge in [0.05, 0.1) is 18.4 Å². The van der Waals surface area contributed by atoms with Gasteiger partial charge in [0.25, 0.3) is 5.56 Å². The molecule has 31 heavy (non-hydrogen) atoms. The Balaban J connectivity index is 1.73. The van der Waals surface area contributed by atoms with Crippen molar-refractivity contribution < 1.29 is 4.74 Å². The molecule has 0 saturated carbocycles. The highest BCUT2D eigenvalue weighted by Crippen LogP contribution is 2.30. The lowest BCUT2D eigenvalue weighted by Crippen LogP contribution is -2.20. The molecule has 0 amide bonds. The molecule has 0 bridgehead atoms. The number of benzene rings is 2. The first-order chi connectivity index (χ1) is 15.1. The number of pyridine rings is 1. The van der Waals surface area contributed by atoms with Crippen molar-refractivity contribution in [3.05, 3.63) is 81.9 Å². The number of rotatable bonds is 4. The lowest BCUT2D eigenvalue weighted by Gasteiger charge is -2.08. The molecule has 2 aromatic carbocycles. The van der Waals surface area contributed by atoms with Crippen LogP contribution in [0.25, 0.3) is 33.5 Å². The van der Waals surface area contributed by atoms with Crippen molar-refractivity contribution >= 4 is 28.3 Å². The molecule has 5 rings (SSSR count). The van der Waals surface area contributed by atoms with Crippen LogP contribution >= 0.6 is 11.6 Å². The first-order valence-corrected chi connectivity index (χ1v) is 10.2. The minimum absolute atomic E-state index is 0.249. The van der Waals surface area contributed by atoms with Gasteiger partial charge >= 0.3 is 0 Å². The van der Waals surface area contributed by atoms with E-state index in [1.807, 2.05) is 49.4 Å². The minimum atomic E-state index is -0.265. The molecular formula is C23H18ClN5O2. The third-order valence-electron chi connectivity index (χ3n) is 5.27. The first kappa shape index (κ1) is 19.3. The molecule has 7 nitrogen and oxygen atoms in total. The van der Waals surface area contributed by atoms with Crippen molar-refractivity contribution in [3.63, 3.8) is 0 Å². The smallest absolute Gasteiger partial charge is 0.285 e. The molecule has 0 N–H and O–H groups in total. The quantitative estimate of drug-likeness (QED) is 0.423. The van der Waals surface area contributed by atoms with Gasteiger partial charge in [0.1, 0.15) is 11.3 Å². The van der Waals surface area contributed by atoms with Crippen LogP contribution < -0.4 is 10.3 Å². The zero-order valence-corrected chi connectivity index (χ0v) is 17.7. The second-order valence-electron chi connectivity index (χ2n) is 7.04. The summed E-state index contributed by atoms with van der Waals surface area (Å²) in [6, 6.07) is 16.6. The summed E-state index contributed by atoms with van der Waals surface area (Å²) in [5.41, 5.74) is 4.64. The molecule has 0 unspecified atom stereocenters. The average Bonchev–Trinajstić information content (AvgIpc) is 3.19. The molecule has 154 valence electrons. The molecule has 0 atom stereocenters. The van der Waals surface area contributed by atoms with Gasteiger partial charge in [0.15, 0.2) is 11.2 Å². The Morgan fingerprint density at radius 1 is 1.00 bits per heavy atom. The fourth-order valence-corrected chi connectivity index (χ4v) is 3.82. The maximum Gasteiger partial charge on any atom is 0.285 e. The highest BCUT2D eigenvalue weighted by molar-refractivity contribution is 6.30. The van der Waals surface area contributed by atoms with Crippen LogP contribution in [0.4, 0.5) is 0 Å². The minimum Gasteiger partial charge on any atom is -0.497 e. The monoisotopic (exact) mass is 431 g/mol. The zero-order chi connectivity index (χ0) is 21.5. The number of halogens is 1. The third-order valence-corrected chi connectivity index (χ3v) is 5.52.